The van der Waals surface area contributed by atoms with Crippen molar-refractivity contribution in [3.8, 4) is 0 Å². The molecule has 1 aromatic rings. The molecule has 0 bridgehead atoms. The van der Waals surface area contributed by atoms with Crippen LogP contribution in [0.4, 0.5) is 0 Å². The number of benzene rings is 1. The van der Waals surface area contributed by atoms with Crippen molar-refractivity contribution in [3.05, 3.63) is 34.4 Å². The molecule has 0 saturated carbocycles. The van der Waals surface area contributed by atoms with E-state index in [2.05, 4.69) is 0 Å². The van der Waals surface area contributed by atoms with E-state index in [4.69, 9.17) is 29.2 Å². The lowest BCUT2D eigenvalue weighted by Gasteiger charge is -2.13. The first-order chi connectivity index (χ1) is 14.5. The fraction of sp³-hybridized carbons (Fsp3) is 0.600. The average molecular weight is 430 g/mol. The molecular formula is C20H30O10. The number of carbonyl (C=O) groups is 2. The molecule has 10 nitrogen and oxygen atoms in total. The molecule has 0 unspecified atom stereocenters. The van der Waals surface area contributed by atoms with Crippen LogP contribution in [0.25, 0.3) is 0 Å². The van der Waals surface area contributed by atoms with Crippen molar-refractivity contribution in [2.24, 2.45) is 0 Å². The van der Waals surface area contributed by atoms with Gasteiger partial charge in [0.05, 0.1) is 37.6 Å². The van der Waals surface area contributed by atoms with Crippen molar-refractivity contribution in [1.29, 1.82) is 0 Å². The number of carboxylic acids is 2. The van der Waals surface area contributed by atoms with Gasteiger partial charge in [-0.1, -0.05) is 6.07 Å². The van der Waals surface area contributed by atoms with Crippen molar-refractivity contribution in [3.63, 3.8) is 0 Å². The number of hydrogen-bond donors (Lipinski definition) is 4. The summed E-state index contributed by atoms with van der Waals surface area (Å²) in [5.41, 5.74) is 0.734. The van der Waals surface area contributed by atoms with Crippen LogP contribution < -0.4 is 0 Å². The Bertz CT molecular complexity index is 595. The summed E-state index contributed by atoms with van der Waals surface area (Å²) in [6.07, 6.45) is 1.54. The minimum absolute atomic E-state index is 0.0204. The van der Waals surface area contributed by atoms with Crippen molar-refractivity contribution in [2.45, 2.75) is 25.7 Å². The number of aliphatic hydroxyl groups excluding tert-OH is 2. The Balaban J connectivity index is 2.70. The summed E-state index contributed by atoms with van der Waals surface area (Å²) in [4.78, 5) is 23.1. The fourth-order valence-electron chi connectivity index (χ4n) is 2.56. The Morgan fingerprint density at radius 2 is 1.07 bits per heavy atom. The molecule has 1 aromatic carbocycles. The third-order valence-corrected chi connectivity index (χ3v) is 4.05. The van der Waals surface area contributed by atoms with E-state index in [0.717, 1.165) is 6.07 Å². The zero-order valence-corrected chi connectivity index (χ0v) is 16.9. The van der Waals surface area contributed by atoms with Gasteiger partial charge in [0, 0.05) is 13.2 Å². The second-order valence-electron chi connectivity index (χ2n) is 6.30. The molecule has 0 radical (unpaired) electrons. The van der Waals surface area contributed by atoms with Gasteiger partial charge in [-0.2, -0.15) is 0 Å². The van der Waals surface area contributed by atoms with E-state index in [-0.39, 0.29) is 64.0 Å². The third kappa shape index (κ3) is 10.1. The number of aliphatic hydroxyl groups is 2. The van der Waals surface area contributed by atoms with E-state index in [1.165, 1.54) is 0 Å². The molecule has 1 rings (SSSR count). The van der Waals surface area contributed by atoms with Crippen LogP contribution in [0.15, 0.2) is 12.1 Å². The summed E-state index contributed by atoms with van der Waals surface area (Å²) in [6, 6.07) is 2.71. The Morgan fingerprint density at radius 3 is 1.43 bits per heavy atom. The molecule has 0 atom stereocenters. The summed E-state index contributed by atoms with van der Waals surface area (Å²) in [5, 5.41) is 36.2. The zero-order valence-electron chi connectivity index (χ0n) is 16.9. The van der Waals surface area contributed by atoms with Crippen molar-refractivity contribution >= 4 is 11.9 Å². The molecule has 0 amide bonds. The molecule has 0 aromatic heterocycles. The van der Waals surface area contributed by atoms with Gasteiger partial charge in [0.15, 0.2) is 0 Å². The maximum absolute atomic E-state index is 11.6. The molecule has 0 spiro atoms. The van der Waals surface area contributed by atoms with Crippen molar-refractivity contribution in [1.82, 2.24) is 0 Å². The van der Waals surface area contributed by atoms with Crippen LogP contribution >= 0.6 is 0 Å². The molecule has 0 fully saturated rings. The normalized spacial score (nSPS) is 11.0. The van der Waals surface area contributed by atoms with Crippen LogP contribution in [0.2, 0.25) is 0 Å². The summed E-state index contributed by atoms with van der Waals surface area (Å²) in [5.74, 6) is -2.43. The Kier molecular flexibility index (Phi) is 13.6. The molecule has 0 aliphatic heterocycles. The smallest absolute Gasteiger partial charge is 0.335 e. The second kappa shape index (κ2) is 15.7. The van der Waals surface area contributed by atoms with Gasteiger partial charge in [-0.05, 0) is 42.9 Å². The molecule has 0 aliphatic carbocycles. The predicted molar refractivity (Wildman–Crippen MR) is 105 cm³/mol. The lowest BCUT2D eigenvalue weighted by Crippen LogP contribution is -2.14. The Morgan fingerprint density at radius 1 is 0.667 bits per heavy atom. The molecular weight excluding hydrogens is 400 g/mol. The number of ether oxygens (including phenoxy) is 4. The number of rotatable bonds is 18. The average Bonchev–Trinajstić information content (AvgIpc) is 2.72. The van der Waals surface area contributed by atoms with Crippen molar-refractivity contribution in [2.75, 3.05) is 53.2 Å². The summed E-state index contributed by atoms with van der Waals surface area (Å²) >= 11 is 0. The van der Waals surface area contributed by atoms with Gasteiger partial charge < -0.3 is 39.4 Å². The fourth-order valence-corrected chi connectivity index (χ4v) is 2.56. The zero-order chi connectivity index (χ0) is 22.2. The highest BCUT2D eigenvalue weighted by atomic mass is 16.7. The SMILES string of the molecule is O=C(O)c1cc(C(=O)O)c(CCOCOCCCO)cc1CCOCOCCCO. The monoisotopic (exact) mass is 430 g/mol. The first-order valence-electron chi connectivity index (χ1n) is 9.66. The molecule has 170 valence electrons. The quantitative estimate of drug-likeness (QED) is 0.195. The van der Waals surface area contributed by atoms with Crippen LogP contribution in [0.3, 0.4) is 0 Å². The minimum Gasteiger partial charge on any atom is -0.478 e. The van der Waals surface area contributed by atoms with Crippen molar-refractivity contribution < 1.29 is 49.0 Å². The number of aromatic carboxylic acids is 2. The molecule has 10 heteroatoms. The lowest BCUT2D eigenvalue weighted by atomic mass is 9.95. The van der Waals surface area contributed by atoms with E-state index in [1.807, 2.05) is 0 Å². The van der Waals surface area contributed by atoms with Crippen LogP contribution in [0, 0.1) is 0 Å². The summed E-state index contributed by atoms with van der Waals surface area (Å²) in [6.45, 7) is 1.20. The van der Waals surface area contributed by atoms with E-state index in [0.29, 0.717) is 37.2 Å². The van der Waals surface area contributed by atoms with E-state index in [1.54, 1.807) is 6.07 Å². The largest absolute Gasteiger partial charge is 0.478 e. The second-order valence-corrected chi connectivity index (χ2v) is 6.30. The standard InChI is InChI=1S/C20H30O10/c21-5-1-7-27-13-29-9-3-15-11-16(4-10-30-14-28-8-2-6-22)18(20(25)26)12-17(15)19(23)24/h11-12,21-22H,1-10,13-14H2,(H,23,24)(H,25,26). The summed E-state index contributed by atoms with van der Waals surface area (Å²) in [7, 11) is 0. The lowest BCUT2D eigenvalue weighted by molar-refractivity contribution is -0.0554. The van der Waals surface area contributed by atoms with Gasteiger partial charge in [-0.25, -0.2) is 9.59 Å². The van der Waals surface area contributed by atoms with Crippen LogP contribution in [0.1, 0.15) is 44.7 Å². The third-order valence-electron chi connectivity index (χ3n) is 4.05. The maximum atomic E-state index is 11.6. The molecule has 0 aliphatic rings. The predicted octanol–water partition coefficient (Wildman–Crippen LogP) is 0.914. The highest BCUT2D eigenvalue weighted by Gasteiger charge is 2.18. The molecule has 0 heterocycles. The highest BCUT2D eigenvalue weighted by Crippen LogP contribution is 2.20. The van der Waals surface area contributed by atoms with Gasteiger partial charge in [0.25, 0.3) is 0 Å². The van der Waals surface area contributed by atoms with Crippen LogP contribution in [-0.2, 0) is 31.8 Å². The maximum Gasteiger partial charge on any atom is 0.335 e. The molecule has 0 saturated heterocycles. The van der Waals surface area contributed by atoms with Gasteiger partial charge in [-0.3, -0.25) is 0 Å². The van der Waals surface area contributed by atoms with Crippen LogP contribution in [-0.4, -0.2) is 85.6 Å². The topological polar surface area (TPSA) is 152 Å². The summed E-state index contributed by atoms with van der Waals surface area (Å²) < 4.78 is 20.9. The highest BCUT2D eigenvalue weighted by molar-refractivity contribution is 5.96. The number of hydrogen-bond acceptors (Lipinski definition) is 8. The first-order valence-corrected chi connectivity index (χ1v) is 9.66. The number of carboxylic acid groups (broad SMARTS) is 2. The molecule has 30 heavy (non-hydrogen) atoms. The van der Waals surface area contributed by atoms with Crippen LogP contribution in [0.5, 0.6) is 0 Å². The van der Waals surface area contributed by atoms with Gasteiger partial charge in [0.2, 0.25) is 0 Å². The first kappa shape index (κ1) is 26.0. The van der Waals surface area contributed by atoms with Gasteiger partial charge in [-0.15, -0.1) is 0 Å². The van der Waals surface area contributed by atoms with E-state index >= 15 is 0 Å². The van der Waals surface area contributed by atoms with Gasteiger partial charge in [0.1, 0.15) is 13.6 Å². The Hall–Kier alpha value is -2.08. The Labute approximate surface area is 174 Å². The van der Waals surface area contributed by atoms with E-state index < -0.39 is 11.9 Å². The van der Waals surface area contributed by atoms with E-state index in [9.17, 15) is 19.8 Å². The molecule has 4 N–H and O–H groups in total. The van der Waals surface area contributed by atoms with Gasteiger partial charge >= 0.3 is 11.9 Å². The minimum atomic E-state index is -1.22.